The SMILES string of the molecule is CCC(C)(C)N1CCN(C(=O)CCC(=O)c2ccc(Cl)cc2)CC1.Cl. The minimum Gasteiger partial charge on any atom is -0.340 e. The molecule has 0 spiro atoms. The zero-order valence-corrected chi connectivity index (χ0v) is 16.8. The molecular weight excluding hydrogens is 359 g/mol. The fourth-order valence-corrected chi connectivity index (χ4v) is 3.07. The number of hydrogen-bond donors (Lipinski definition) is 0. The van der Waals surface area contributed by atoms with E-state index in [1.54, 1.807) is 24.3 Å². The summed E-state index contributed by atoms with van der Waals surface area (Å²) in [4.78, 5) is 28.8. The molecule has 1 saturated heterocycles. The molecule has 6 heteroatoms. The van der Waals surface area contributed by atoms with Crippen molar-refractivity contribution >= 4 is 35.7 Å². The number of rotatable bonds is 6. The molecule has 1 amide bonds. The Morgan fingerprint density at radius 2 is 1.60 bits per heavy atom. The van der Waals surface area contributed by atoms with Gasteiger partial charge in [0, 0.05) is 55.1 Å². The molecular formula is C19H28Cl2N2O2. The van der Waals surface area contributed by atoms with Crippen LogP contribution in [0.1, 0.15) is 50.4 Å². The summed E-state index contributed by atoms with van der Waals surface area (Å²) in [5, 5.41) is 0.607. The summed E-state index contributed by atoms with van der Waals surface area (Å²) in [6, 6.07) is 6.82. The molecule has 1 aromatic carbocycles. The van der Waals surface area contributed by atoms with Crippen LogP contribution in [-0.4, -0.2) is 53.2 Å². The third-order valence-electron chi connectivity index (χ3n) is 5.09. The lowest BCUT2D eigenvalue weighted by atomic mass is 9.98. The van der Waals surface area contributed by atoms with E-state index in [-0.39, 0.29) is 42.5 Å². The number of nitrogens with zero attached hydrogens (tertiary/aromatic N) is 2. The van der Waals surface area contributed by atoms with E-state index in [2.05, 4.69) is 25.7 Å². The number of hydrogen-bond acceptors (Lipinski definition) is 3. The average Bonchev–Trinajstić information content (AvgIpc) is 2.60. The molecule has 4 nitrogen and oxygen atoms in total. The van der Waals surface area contributed by atoms with Crippen LogP contribution in [0.15, 0.2) is 24.3 Å². The van der Waals surface area contributed by atoms with Gasteiger partial charge in [-0.2, -0.15) is 0 Å². The Balaban J connectivity index is 0.00000312. The van der Waals surface area contributed by atoms with Gasteiger partial charge in [-0.3, -0.25) is 14.5 Å². The van der Waals surface area contributed by atoms with E-state index in [1.807, 2.05) is 4.90 Å². The van der Waals surface area contributed by atoms with E-state index in [1.165, 1.54) is 0 Å². The van der Waals surface area contributed by atoms with Crippen LogP contribution in [0.3, 0.4) is 0 Å². The highest BCUT2D eigenvalue weighted by atomic mass is 35.5. The van der Waals surface area contributed by atoms with Crippen LogP contribution < -0.4 is 0 Å². The van der Waals surface area contributed by atoms with Crippen LogP contribution in [0, 0.1) is 0 Å². The normalized spacial score (nSPS) is 15.6. The number of carbonyl (C=O) groups excluding carboxylic acids is 2. The van der Waals surface area contributed by atoms with Gasteiger partial charge in [-0.05, 0) is 44.5 Å². The van der Waals surface area contributed by atoms with Crippen LogP contribution in [0.4, 0.5) is 0 Å². The second-order valence-corrected chi connectivity index (χ2v) is 7.40. The van der Waals surface area contributed by atoms with E-state index in [4.69, 9.17) is 11.6 Å². The van der Waals surface area contributed by atoms with Crippen LogP contribution in [0.25, 0.3) is 0 Å². The maximum absolute atomic E-state index is 12.3. The molecule has 0 aromatic heterocycles. The van der Waals surface area contributed by atoms with Crippen molar-refractivity contribution in [3.8, 4) is 0 Å². The molecule has 0 saturated carbocycles. The third kappa shape index (κ3) is 5.98. The van der Waals surface area contributed by atoms with Gasteiger partial charge in [-0.15, -0.1) is 12.4 Å². The Morgan fingerprint density at radius 1 is 1.04 bits per heavy atom. The second-order valence-electron chi connectivity index (χ2n) is 6.96. The van der Waals surface area contributed by atoms with Gasteiger partial charge in [0.05, 0.1) is 0 Å². The fraction of sp³-hybridized carbons (Fsp3) is 0.579. The van der Waals surface area contributed by atoms with E-state index >= 15 is 0 Å². The second kappa shape index (κ2) is 9.56. The molecule has 1 heterocycles. The Bertz CT molecular complexity index is 580. The first kappa shape index (κ1) is 21.9. The predicted octanol–water partition coefficient (Wildman–Crippen LogP) is 4.06. The van der Waals surface area contributed by atoms with E-state index < -0.39 is 0 Å². The van der Waals surface area contributed by atoms with Crippen molar-refractivity contribution in [2.75, 3.05) is 26.2 Å². The number of amides is 1. The largest absolute Gasteiger partial charge is 0.340 e. The first-order valence-corrected chi connectivity index (χ1v) is 9.03. The summed E-state index contributed by atoms with van der Waals surface area (Å²) in [6.45, 7) is 9.98. The fourth-order valence-electron chi connectivity index (χ4n) is 2.94. The van der Waals surface area contributed by atoms with Crippen LogP contribution >= 0.6 is 24.0 Å². The molecule has 1 fully saturated rings. The number of benzene rings is 1. The summed E-state index contributed by atoms with van der Waals surface area (Å²) < 4.78 is 0. The molecule has 0 unspecified atom stereocenters. The lowest BCUT2D eigenvalue weighted by Crippen LogP contribution is -2.55. The Labute approximate surface area is 161 Å². The number of piperazine rings is 1. The van der Waals surface area contributed by atoms with Crippen molar-refractivity contribution in [1.82, 2.24) is 9.80 Å². The van der Waals surface area contributed by atoms with E-state index in [0.717, 1.165) is 32.6 Å². The van der Waals surface area contributed by atoms with Gasteiger partial charge in [-0.25, -0.2) is 0 Å². The smallest absolute Gasteiger partial charge is 0.223 e. The molecule has 140 valence electrons. The van der Waals surface area contributed by atoms with Crippen LogP contribution in [0.2, 0.25) is 5.02 Å². The molecule has 2 rings (SSSR count). The van der Waals surface area contributed by atoms with Crippen molar-refractivity contribution in [3.63, 3.8) is 0 Å². The third-order valence-corrected chi connectivity index (χ3v) is 5.34. The number of Topliss-reactive ketones (excluding diaryl/α,β-unsaturated/α-hetero) is 1. The van der Waals surface area contributed by atoms with Crippen molar-refractivity contribution in [2.45, 2.75) is 45.6 Å². The summed E-state index contributed by atoms with van der Waals surface area (Å²) in [7, 11) is 0. The zero-order valence-electron chi connectivity index (χ0n) is 15.3. The van der Waals surface area contributed by atoms with Gasteiger partial charge in [0.2, 0.25) is 5.91 Å². The molecule has 1 aromatic rings. The van der Waals surface area contributed by atoms with Crippen molar-refractivity contribution < 1.29 is 9.59 Å². The van der Waals surface area contributed by atoms with Crippen molar-refractivity contribution in [2.24, 2.45) is 0 Å². The van der Waals surface area contributed by atoms with Gasteiger partial charge < -0.3 is 4.90 Å². The Hall–Kier alpha value is -1.10. The monoisotopic (exact) mass is 386 g/mol. The molecule has 1 aliphatic heterocycles. The molecule has 1 aliphatic rings. The van der Waals surface area contributed by atoms with Crippen molar-refractivity contribution in [3.05, 3.63) is 34.9 Å². The highest BCUT2D eigenvalue weighted by Gasteiger charge is 2.29. The Kier molecular flexibility index (Phi) is 8.39. The topological polar surface area (TPSA) is 40.6 Å². The highest BCUT2D eigenvalue weighted by molar-refractivity contribution is 6.30. The van der Waals surface area contributed by atoms with Crippen LogP contribution in [-0.2, 0) is 4.79 Å². The van der Waals surface area contributed by atoms with Crippen molar-refractivity contribution in [1.29, 1.82) is 0 Å². The van der Waals surface area contributed by atoms with Gasteiger partial charge in [-0.1, -0.05) is 18.5 Å². The maximum atomic E-state index is 12.3. The average molecular weight is 387 g/mol. The molecule has 0 radical (unpaired) electrons. The minimum absolute atomic E-state index is 0. The molecule has 0 bridgehead atoms. The van der Waals surface area contributed by atoms with E-state index in [9.17, 15) is 9.59 Å². The minimum atomic E-state index is -0.00855. The highest BCUT2D eigenvalue weighted by Crippen LogP contribution is 2.20. The first-order chi connectivity index (χ1) is 11.3. The summed E-state index contributed by atoms with van der Waals surface area (Å²) in [5.74, 6) is 0.0667. The maximum Gasteiger partial charge on any atom is 0.223 e. The van der Waals surface area contributed by atoms with E-state index in [0.29, 0.717) is 10.6 Å². The molecule has 0 atom stereocenters. The summed E-state index contributed by atoms with van der Waals surface area (Å²) in [5.41, 5.74) is 0.793. The summed E-state index contributed by atoms with van der Waals surface area (Å²) in [6.07, 6.45) is 1.62. The van der Waals surface area contributed by atoms with Gasteiger partial charge in [0.1, 0.15) is 0 Å². The summed E-state index contributed by atoms with van der Waals surface area (Å²) >= 11 is 5.82. The standard InChI is InChI=1S/C19H27ClN2O2.ClH/c1-4-19(2,3)22-13-11-21(12-14-22)18(24)10-9-17(23)15-5-7-16(20)8-6-15;/h5-8H,4,9-14H2,1-3H3;1H. The van der Waals surface area contributed by atoms with Crippen LogP contribution in [0.5, 0.6) is 0 Å². The number of halogens is 2. The number of ketones is 1. The van der Waals surface area contributed by atoms with Gasteiger partial charge >= 0.3 is 0 Å². The first-order valence-electron chi connectivity index (χ1n) is 8.65. The zero-order chi connectivity index (χ0) is 17.7. The van der Waals surface area contributed by atoms with Gasteiger partial charge in [0.25, 0.3) is 0 Å². The Morgan fingerprint density at radius 3 is 2.12 bits per heavy atom. The lowest BCUT2D eigenvalue weighted by Gasteiger charge is -2.43. The number of carbonyl (C=O) groups is 2. The molecule has 25 heavy (non-hydrogen) atoms. The van der Waals surface area contributed by atoms with Gasteiger partial charge in [0.15, 0.2) is 5.78 Å². The predicted molar refractivity (Wildman–Crippen MR) is 105 cm³/mol. The molecule has 0 N–H and O–H groups in total. The lowest BCUT2D eigenvalue weighted by molar-refractivity contribution is -0.133. The quantitative estimate of drug-likeness (QED) is 0.692. The molecule has 0 aliphatic carbocycles.